The van der Waals surface area contributed by atoms with Gasteiger partial charge in [-0.1, -0.05) is 42.5 Å². The Kier molecular flexibility index (Phi) is 4.45. The van der Waals surface area contributed by atoms with E-state index in [4.69, 9.17) is 9.68 Å². The minimum absolute atomic E-state index is 0.0264. The maximum Gasteiger partial charge on any atom is 0.269 e. The fourth-order valence-corrected chi connectivity index (χ4v) is 3.02. The highest BCUT2D eigenvalue weighted by Gasteiger charge is 2.17. The first-order valence-electron chi connectivity index (χ1n) is 8.60. The highest BCUT2D eigenvalue weighted by Crippen LogP contribution is 2.39. The van der Waals surface area contributed by atoms with Gasteiger partial charge in [-0.3, -0.25) is 10.1 Å². The van der Waals surface area contributed by atoms with Crippen molar-refractivity contribution in [1.29, 1.82) is 5.26 Å². The van der Waals surface area contributed by atoms with Crippen molar-refractivity contribution in [2.45, 2.75) is 0 Å². The topological polar surface area (TPSA) is 80.1 Å². The third-order valence-electron chi connectivity index (χ3n) is 4.46. The Morgan fingerprint density at radius 3 is 2.07 bits per heavy atom. The number of rotatable bonds is 4. The number of nitro groups is 1. The normalized spacial score (nSPS) is 10.4. The third-order valence-corrected chi connectivity index (χ3v) is 4.46. The molecule has 0 saturated heterocycles. The van der Waals surface area contributed by atoms with Crippen LogP contribution < -0.4 is 0 Å². The summed E-state index contributed by atoms with van der Waals surface area (Å²) in [5, 5.41) is 20.0. The van der Waals surface area contributed by atoms with Crippen LogP contribution in [0.15, 0.2) is 89.3 Å². The smallest absolute Gasteiger partial charge is 0.269 e. The minimum atomic E-state index is -0.428. The van der Waals surface area contributed by atoms with Gasteiger partial charge in [0.15, 0.2) is 0 Å². The number of non-ortho nitro benzene ring substituents is 1. The predicted molar refractivity (Wildman–Crippen MR) is 106 cm³/mol. The quantitative estimate of drug-likeness (QED) is 0.325. The lowest BCUT2D eigenvalue weighted by Gasteiger charge is -2.03. The van der Waals surface area contributed by atoms with Crippen LogP contribution in [0, 0.1) is 21.4 Å². The number of nitro benzene ring substituents is 1. The van der Waals surface area contributed by atoms with Crippen LogP contribution in [0.5, 0.6) is 0 Å². The molecule has 1 heterocycles. The Balaban J connectivity index is 1.86. The molecule has 4 rings (SSSR count). The zero-order valence-electron chi connectivity index (χ0n) is 14.7. The van der Waals surface area contributed by atoms with E-state index in [-0.39, 0.29) is 5.69 Å². The first-order valence-corrected chi connectivity index (χ1v) is 8.60. The van der Waals surface area contributed by atoms with Crippen LogP contribution in [-0.4, -0.2) is 4.92 Å². The van der Waals surface area contributed by atoms with E-state index in [1.165, 1.54) is 12.1 Å². The highest BCUT2D eigenvalue weighted by molar-refractivity contribution is 5.84. The zero-order chi connectivity index (χ0) is 19.5. The Labute approximate surface area is 161 Å². The van der Waals surface area contributed by atoms with Gasteiger partial charge in [0.05, 0.1) is 16.6 Å². The number of furan rings is 1. The Morgan fingerprint density at radius 1 is 0.821 bits per heavy atom. The van der Waals surface area contributed by atoms with Crippen LogP contribution >= 0.6 is 0 Å². The molecule has 134 valence electrons. The average molecular weight is 366 g/mol. The van der Waals surface area contributed by atoms with E-state index in [0.29, 0.717) is 17.1 Å². The molecule has 0 N–H and O–H groups in total. The first-order chi connectivity index (χ1) is 13.7. The van der Waals surface area contributed by atoms with Crippen molar-refractivity contribution in [2.24, 2.45) is 0 Å². The van der Waals surface area contributed by atoms with Gasteiger partial charge in [0.1, 0.15) is 11.5 Å². The summed E-state index contributed by atoms with van der Waals surface area (Å²) in [6.07, 6.45) is 0. The molecule has 1 aromatic heterocycles. The molecule has 0 fully saturated rings. The number of nitrogens with zero attached hydrogens (tertiary/aromatic N) is 2. The van der Waals surface area contributed by atoms with Crippen molar-refractivity contribution in [3.63, 3.8) is 0 Å². The molecule has 0 bridgehead atoms. The van der Waals surface area contributed by atoms with Gasteiger partial charge < -0.3 is 4.42 Å². The van der Waals surface area contributed by atoms with Gasteiger partial charge in [-0.25, -0.2) is 0 Å². The van der Waals surface area contributed by atoms with E-state index in [0.717, 1.165) is 22.3 Å². The molecule has 3 aromatic carbocycles. The molecule has 5 nitrogen and oxygen atoms in total. The second-order valence-electron chi connectivity index (χ2n) is 6.21. The van der Waals surface area contributed by atoms with Crippen molar-refractivity contribution in [1.82, 2.24) is 0 Å². The SMILES string of the molecule is N#Cc1ccc(-c2cc(-c3ccccc3)oc2-c2ccc([N+](=O)[O-])cc2)cc1. The van der Waals surface area contributed by atoms with Gasteiger partial charge in [-0.2, -0.15) is 5.26 Å². The van der Waals surface area contributed by atoms with Crippen LogP contribution in [0.4, 0.5) is 5.69 Å². The second kappa shape index (κ2) is 7.22. The van der Waals surface area contributed by atoms with E-state index in [1.54, 1.807) is 24.3 Å². The van der Waals surface area contributed by atoms with Crippen molar-refractivity contribution < 1.29 is 9.34 Å². The summed E-state index contributed by atoms with van der Waals surface area (Å²) in [6, 6.07) is 27.3. The Hall–Kier alpha value is -4.17. The summed E-state index contributed by atoms with van der Waals surface area (Å²) in [5.74, 6) is 1.33. The van der Waals surface area contributed by atoms with Crippen LogP contribution in [0.1, 0.15) is 5.56 Å². The van der Waals surface area contributed by atoms with Gasteiger partial charge in [-0.05, 0) is 35.9 Å². The second-order valence-corrected chi connectivity index (χ2v) is 6.21. The maximum atomic E-state index is 10.9. The lowest BCUT2D eigenvalue weighted by molar-refractivity contribution is -0.384. The molecule has 28 heavy (non-hydrogen) atoms. The molecule has 0 spiro atoms. The predicted octanol–water partition coefficient (Wildman–Crippen LogP) is 6.06. The monoisotopic (exact) mass is 366 g/mol. The van der Waals surface area contributed by atoms with Crippen LogP contribution in [0.3, 0.4) is 0 Å². The fourth-order valence-electron chi connectivity index (χ4n) is 3.02. The van der Waals surface area contributed by atoms with Crippen molar-refractivity contribution >= 4 is 5.69 Å². The molecule has 0 aliphatic rings. The van der Waals surface area contributed by atoms with E-state index >= 15 is 0 Å². The van der Waals surface area contributed by atoms with Crippen molar-refractivity contribution in [3.05, 3.63) is 101 Å². The average Bonchev–Trinajstić information content (AvgIpc) is 3.20. The Bertz CT molecular complexity index is 1170. The molecular weight excluding hydrogens is 352 g/mol. The molecule has 0 aliphatic heterocycles. The van der Waals surface area contributed by atoms with E-state index in [9.17, 15) is 10.1 Å². The van der Waals surface area contributed by atoms with Crippen LogP contribution in [0.25, 0.3) is 33.8 Å². The van der Waals surface area contributed by atoms with Gasteiger partial charge in [0, 0.05) is 28.8 Å². The summed E-state index contributed by atoms with van der Waals surface area (Å²) >= 11 is 0. The van der Waals surface area contributed by atoms with Gasteiger partial charge in [0.2, 0.25) is 0 Å². The summed E-state index contributed by atoms with van der Waals surface area (Å²) in [6.45, 7) is 0. The largest absolute Gasteiger partial charge is 0.455 e. The lowest BCUT2D eigenvalue weighted by atomic mass is 10.00. The minimum Gasteiger partial charge on any atom is -0.455 e. The molecular formula is C23H14N2O3. The van der Waals surface area contributed by atoms with E-state index in [2.05, 4.69) is 6.07 Å². The summed E-state index contributed by atoms with van der Waals surface area (Å²) < 4.78 is 6.16. The van der Waals surface area contributed by atoms with E-state index < -0.39 is 4.92 Å². The number of hydrogen-bond acceptors (Lipinski definition) is 4. The maximum absolute atomic E-state index is 10.9. The summed E-state index contributed by atoms with van der Waals surface area (Å²) in [5.41, 5.74) is 4.04. The van der Waals surface area contributed by atoms with Gasteiger partial charge in [0.25, 0.3) is 5.69 Å². The summed E-state index contributed by atoms with van der Waals surface area (Å²) in [7, 11) is 0. The van der Waals surface area contributed by atoms with Crippen LogP contribution in [-0.2, 0) is 0 Å². The fraction of sp³-hybridized carbons (Fsp3) is 0. The van der Waals surface area contributed by atoms with Crippen molar-refractivity contribution in [2.75, 3.05) is 0 Å². The van der Waals surface area contributed by atoms with Gasteiger partial charge >= 0.3 is 0 Å². The van der Waals surface area contributed by atoms with E-state index in [1.807, 2.05) is 48.5 Å². The van der Waals surface area contributed by atoms with Crippen molar-refractivity contribution in [3.8, 4) is 39.8 Å². The summed E-state index contributed by atoms with van der Waals surface area (Å²) in [4.78, 5) is 10.5. The number of hydrogen-bond donors (Lipinski definition) is 0. The first kappa shape index (κ1) is 17.3. The molecule has 0 radical (unpaired) electrons. The Morgan fingerprint density at radius 2 is 1.46 bits per heavy atom. The molecule has 0 unspecified atom stereocenters. The molecule has 5 heteroatoms. The molecule has 4 aromatic rings. The molecule has 0 aliphatic carbocycles. The van der Waals surface area contributed by atoms with Gasteiger partial charge in [-0.15, -0.1) is 0 Å². The molecule has 0 atom stereocenters. The standard InChI is InChI=1S/C23H14N2O3/c24-15-16-6-8-17(9-7-16)21-14-22(18-4-2-1-3-5-18)28-23(21)19-10-12-20(13-11-19)25(26)27/h1-14H. The third kappa shape index (κ3) is 3.27. The zero-order valence-corrected chi connectivity index (χ0v) is 14.7. The lowest BCUT2D eigenvalue weighted by Crippen LogP contribution is -1.87. The number of nitriles is 1. The molecule has 0 saturated carbocycles. The number of benzene rings is 3. The van der Waals surface area contributed by atoms with Crippen LogP contribution in [0.2, 0.25) is 0 Å². The molecule has 0 amide bonds. The highest BCUT2D eigenvalue weighted by atomic mass is 16.6.